The maximum Gasteiger partial charge on any atom is 0.0551 e. The van der Waals surface area contributed by atoms with Crippen molar-refractivity contribution >= 4 is 11.8 Å². The Kier molecular flexibility index (Phi) is 4.45. The van der Waals surface area contributed by atoms with E-state index in [0.717, 1.165) is 5.75 Å². The minimum atomic E-state index is -0.0365. The molecule has 0 aliphatic rings. The van der Waals surface area contributed by atoms with Gasteiger partial charge in [-0.25, -0.2) is 0 Å². The molecular weight excluding hydrogens is 238 g/mol. The molecule has 0 fully saturated rings. The zero-order chi connectivity index (χ0) is 13.0. The predicted octanol–water partition coefficient (Wildman–Crippen LogP) is 4.16. The normalized spacial score (nSPS) is 12.4. The molecule has 0 saturated heterocycles. The van der Waals surface area contributed by atoms with Crippen molar-refractivity contribution in [3.8, 4) is 0 Å². The van der Waals surface area contributed by atoms with E-state index < -0.39 is 0 Å². The Morgan fingerprint density at radius 1 is 1.06 bits per heavy atom. The third-order valence-electron chi connectivity index (χ3n) is 2.95. The molecule has 0 heterocycles. The van der Waals surface area contributed by atoms with Gasteiger partial charge in [0.05, 0.1) is 6.04 Å². The summed E-state index contributed by atoms with van der Waals surface area (Å²) in [4.78, 5) is 1.30. The lowest BCUT2D eigenvalue weighted by Crippen LogP contribution is -2.11. The topological polar surface area (TPSA) is 26.0 Å². The monoisotopic (exact) mass is 257 g/mol. The second-order valence-electron chi connectivity index (χ2n) is 4.39. The van der Waals surface area contributed by atoms with Crippen molar-refractivity contribution < 1.29 is 0 Å². The molecule has 2 rings (SSSR count). The zero-order valence-corrected chi connectivity index (χ0v) is 11.7. The molecule has 0 aromatic heterocycles. The molecule has 0 saturated carbocycles. The van der Waals surface area contributed by atoms with Gasteiger partial charge in [-0.1, -0.05) is 48.9 Å². The maximum absolute atomic E-state index is 6.30. The summed E-state index contributed by atoms with van der Waals surface area (Å²) in [6.45, 7) is 4.26. The van der Waals surface area contributed by atoms with Crippen LogP contribution in [0.5, 0.6) is 0 Å². The van der Waals surface area contributed by atoms with E-state index in [1.807, 2.05) is 11.8 Å². The van der Waals surface area contributed by atoms with Crippen LogP contribution in [0.25, 0.3) is 0 Å². The molecule has 0 amide bonds. The van der Waals surface area contributed by atoms with Gasteiger partial charge in [-0.05, 0) is 35.9 Å². The molecule has 2 heteroatoms. The summed E-state index contributed by atoms with van der Waals surface area (Å²) in [6.07, 6.45) is 0. The lowest BCUT2D eigenvalue weighted by Gasteiger charge is -2.13. The van der Waals surface area contributed by atoms with Crippen molar-refractivity contribution in [2.45, 2.75) is 24.8 Å². The second kappa shape index (κ2) is 6.07. The van der Waals surface area contributed by atoms with E-state index in [2.05, 4.69) is 62.4 Å². The fourth-order valence-corrected chi connectivity index (χ4v) is 2.66. The number of aryl methyl sites for hydroxylation is 1. The largest absolute Gasteiger partial charge is 0.320 e. The Morgan fingerprint density at radius 2 is 1.78 bits per heavy atom. The second-order valence-corrected chi connectivity index (χ2v) is 5.73. The van der Waals surface area contributed by atoms with Crippen LogP contribution in [-0.2, 0) is 0 Å². The third-order valence-corrected chi connectivity index (χ3v) is 3.85. The van der Waals surface area contributed by atoms with Gasteiger partial charge in [0.25, 0.3) is 0 Å². The van der Waals surface area contributed by atoms with Gasteiger partial charge in [0, 0.05) is 4.90 Å². The Hall–Kier alpha value is -1.25. The summed E-state index contributed by atoms with van der Waals surface area (Å²) in [5, 5.41) is 0. The highest BCUT2D eigenvalue weighted by atomic mass is 32.2. The molecule has 0 radical (unpaired) electrons. The summed E-state index contributed by atoms with van der Waals surface area (Å²) in [5.41, 5.74) is 9.89. The molecule has 18 heavy (non-hydrogen) atoms. The molecule has 0 aliphatic heterocycles. The number of benzene rings is 2. The van der Waals surface area contributed by atoms with Gasteiger partial charge in [-0.3, -0.25) is 0 Å². The Morgan fingerprint density at radius 3 is 2.39 bits per heavy atom. The van der Waals surface area contributed by atoms with Crippen LogP contribution >= 0.6 is 11.8 Å². The van der Waals surface area contributed by atoms with Crippen LogP contribution in [0.4, 0.5) is 0 Å². The highest BCUT2D eigenvalue weighted by molar-refractivity contribution is 7.99. The summed E-state index contributed by atoms with van der Waals surface area (Å²) >= 11 is 1.85. The summed E-state index contributed by atoms with van der Waals surface area (Å²) < 4.78 is 0. The molecular formula is C16H19NS. The summed E-state index contributed by atoms with van der Waals surface area (Å²) in [5.74, 6) is 1.10. The molecule has 0 bridgehead atoms. The smallest absolute Gasteiger partial charge is 0.0551 e. The first-order valence-electron chi connectivity index (χ1n) is 6.25. The van der Waals surface area contributed by atoms with E-state index in [9.17, 15) is 0 Å². The van der Waals surface area contributed by atoms with Crippen LogP contribution in [0.2, 0.25) is 0 Å². The fraction of sp³-hybridized carbons (Fsp3) is 0.250. The van der Waals surface area contributed by atoms with Gasteiger partial charge in [0.2, 0.25) is 0 Å². The first-order chi connectivity index (χ1) is 8.70. The molecule has 2 aromatic rings. The van der Waals surface area contributed by atoms with Crippen molar-refractivity contribution in [2.75, 3.05) is 5.75 Å². The highest BCUT2D eigenvalue weighted by Gasteiger charge is 2.08. The molecule has 0 spiro atoms. The first-order valence-corrected chi connectivity index (χ1v) is 7.24. The van der Waals surface area contributed by atoms with Crippen molar-refractivity contribution in [1.82, 2.24) is 0 Å². The number of hydrogen-bond donors (Lipinski definition) is 1. The summed E-state index contributed by atoms with van der Waals surface area (Å²) in [7, 11) is 0. The minimum Gasteiger partial charge on any atom is -0.320 e. The molecule has 1 atom stereocenters. The lowest BCUT2D eigenvalue weighted by atomic mass is 9.98. The molecule has 1 nitrogen and oxygen atoms in total. The number of hydrogen-bond acceptors (Lipinski definition) is 2. The van der Waals surface area contributed by atoms with Crippen LogP contribution in [0, 0.1) is 6.92 Å². The van der Waals surface area contributed by atoms with Gasteiger partial charge >= 0.3 is 0 Å². The van der Waals surface area contributed by atoms with Crippen LogP contribution in [0.1, 0.15) is 29.7 Å². The number of rotatable bonds is 4. The van der Waals surface area contributed by atoms with Gasteiger partial charge < -0.3 is 5.73 Å². The lowest BCUT2D eigenvalue weighted by molar-refractivity contribution is 0.868. The van der Waals surface area contributed by atoms with E-state index in [0.29, 0.717) is 0 Å². The Labute approximate surface area is 113 Å². The van der Waals surface area contributed by atoms with Crippen LogP contribution < -0.4 is 5.73 Å². The van der Waals surface area contributed by atoms with Crippen molar-refractivity contribution in [2.24, 2.45) is 5.73 Å². The van der Waals surface area contributed by atoms with Gasteiger partial charge in [-0.15, -0.1) is 11.8 Å². The number of nitrogens with two attached hydrogens (primary N) is 1. The van der Waals surface area contributed by atoms with Gasteiger partial charge in [0.15, 0.2) is 0 Å². The standard InChI is InChI=1S/C16H19NS/c1-3-18-15-9-7-13(8-10-15)16(17)14-6-4-5-12(2)11-14/h4-11,16H,3,17H2,1-2H3. The molecule has 2 aromatic carbocycles. The Bertz CT molecular complexity index is 505. The molecule has 0 aliphatic carbocycles. The van der Waals surface area contributed by atoms with Crippen molar-refractivity contribution in [1.29, 1.82) is 0 Å². The first kappa shape index (κ1) is 13.2. The van der Waals surface area contributed by atoms with Crippen molar-refractivity contribution in [3.05, 3.63) is 65.2 Å². The third kappa shape index (κ3) is 3.15. The molecule has 1 unspecified atom stereocenters. The van der Waals surface area contributed by atoms with E-state index in [1.165, 1.54) is 21.6 Å². The maximum atomic E-state index is 6.30. The molecule has 94 valence electrons. The van der Waals surface area contributed by atoms with Crippen LogP contribution in [-0.4, -0.2) is 5.75 Å². The van der Waals surface area contributed by atoms with Gasteiger partial charge in [-0.2, -0.15) is 0 Å². The van der Waals surface area contributed by atoms with Gasteiger partial charge in [0.1, 0.15) is 0 Å². The predicted molar refractivity (Wildman–Crippen MR) is 80.0 cm³/mol. The van der Waals surface area contributed by atoms with Crippen molar-refractivity contribution in [3.63, 3.8) is 0 Å². The quantitative estimate of drug-likeness (QED) is 0.832. The van der Waals surface area contributed by atoms with Crippen LogP contribution in [0.3, 0.4) is 0 Å². The fourth-order valence-electron chi connectivity index (χ4n) is 1.99. The zero-order valence-electron chi connectivity index (χ0n) is 10.9. The summed E-state index contributed by atoms with van der Waals surface area (Å²) in [6, 6.07) is 16.9. The highest BCUT2D eigenvalue weighted by Crippen LogP contribution is 2.24. The SMILES string of the molecule is CCSc1ccc(C(N)c2cccc(C)c2)cc1. The van der Waals surface area contributed by atoms with E-state index in [1.54, 1.807) is 0 Å². The van der Waals surface area contributed by atoms with E-state index in [-0.39, 0.29) is 6.04 Å². The number of thioether (sulfide) groups is 1. The Balaban J connectivity index is 2.20. The average molecular weight is 257 g/mol. The van der Waals surface area contributed by atoms with E-state index >= 15 is 0 Å². The average Bonchev–Trinajstić information content (AvgIpc) is 2.39. The van der Waals surface area contributed by atoms with E-state index in [4.69, 9.17) is 5.73 Å². The van der Waals surface area contributed by atoms with Crippen LogP contribution in [0.15, 0.2) is 53.4 Å². The minimum absolute atomic E-state index is 0.0365. The molecule has 2 N–H and O–H groups in total.